The Morgan fingerprint density at radius 2 is 1.70 bits per heavy atom. The van der Waals surface area contributed by atoms with Gasteiger partial charge in [-0.3, -0.25) is 4.79 Å². The van der Waals surface area contributed by atoms with Gasteiger partial charge in [0, 0.05) is 31.3 Å². The van der Waals surface area contributed by atoms with Gasteiger partial charge in [0.2, 0.25) is 5.91 Å². The number of anilines is 1. The molecule has 0 fully saturated rings. The van der Waals surface area contributed by atoms with Crippen LogP contribution in [0.15, 0.2) is 42.5 Å². The number of hydrogen-bond donors (Lipinski definition) is 1. The third kappa shape index (κ3) is 2.29. The molecule has 2 aromatic carbocycles. The Morgan fingerprint density at radius 1 is 1.00 bits per heavy atom. The number of carbonyl (C=O) groups is 1. The molecule has 3 aromatic rings. The molecule has 0 aliphatic heterocycles. The highest BCUT2D eigenvalue weighted by Gasteiger charge is 2.21. The molecular weight excluding hydrogens is 266 g/mol. The van der Waals surface area contributed by atoms with E-state index in [4.69, 9.17) is 0 Å². The van der Waals surface area contributed by atoms with E-state index in [1.165, 1.54) is 20.2 Å². The second kappa shape index (κ2) is 4.60. The average molecular weight is 283 g/mol. The van der Waals surface area contributed by atoms with Crippen LogP contribution in [-0.2, 0) is 4.79 Å². The van der Waals surface area contributed by atoms with Gasteiger partial charge in [-0.25, -0.2) is 0 Å². The van der Waals surface area contributed by atoms with Gasteiger partial charge in [-0.05, 0) is 24.3 Å². The van der Waals surface area contributed by atoms with Crippen LogP contribution in [-0.4, -0.2) is 5.91 Å². The van der Waals surface area contributed by atoms with Gasteiger partial charge in [-0.1, -0.05) is 39.0 Å². The SMILES string of the molecule is CC(C)(C)C(=O)Nc1ccc2sc3ccccc3c2c1. The smallest absolute Gasteiger partial charge is 0.229 e. The van der Waals surface area contributed by atoms with Crippen molar-refractivity contribution in [3.63, 3.8) is 0 Å². The van der Waals surface area contributed by atoms with E-state index < -0.39 is 0 Å². The van der Waals surface area contributed by atoms with Gasteiger partial charge >= 0.3 is 0 Å². The molecule has 0 spiro atoms. The summed E-state index contributed by atoms with van der Waals surface area (Å²) in [4.78, 5) is 12.1. The van der Waals surface area contributed by atoms with Crippen molar-refractivity contribution in [3.05, 3.63) is 42.5 Å². The summed E-state index contributed by atoms with van der Waals surface area (Å²) in [6, 6.07) is 14.5. The Balaban J connectivity index is 2.06. The van der Waals surface area contributed by atoms with Crippen LogP contribution < -0.4 is 5.32 Å². The molecule has 1 aromatic heterocycles. The van der Waals surface area contributed by atoms with Crippen LogP contribution in [0.25, 0.3) is 20.2 Å². The highest BCUT2D eigenvalue weighted by Crippen LogP contribution is 2.35. The normalized spacial score (nSPS) is 11.9. The molecule has 0 bridgehead atoms. The molecular formula is C17H17NOS. The zero-order valence-corrected chi connectivity index (χ0v) is 12.7. The van der Waals surface area contributed by atoms with E-state index in [1.807, 2.05) is 26.8 Å². The van der Waals surface area contributed by atoms with E-state index >= 15 is 0 Å². The second-order valence-corrected chi connectivity index (χ2v) is 7.10. The van der Waals surface area contributed by atoms with Gasteiger partial charge in [0.05, 0.1) is 0 Å². The van der Waals surface area contributed by atoms with Crippen molar-refractivity contribution in [1.82, 2.24) is 0 Å². The van der Waals surface area contributed by atoms with E-state index in [9.17, 15) is 4.79 Å². The average Bonchev–Trinajstić information content (AvgIpc) is 2.76. The Hall–Kier alpha value is -1.87. The molecule has 2 nitrogen and oxygen atoms in total. The number of thiophene rings is 1. The van der Waals surface area contributed by atoms with Gasteiger partial charge in [-0.15, -0.1) is 11.3 Å². The van der Waals surface area contributed by atoms with Crippen molar-refractivity contribution in [1.29, 1.82) is 0 Å². The zero-order chi connectivity index (χ0) is 14.3. The summed E-state index contributed by atoms with van der Waals surface area (Å²) in [5.41, 5.74) is 0.479. The van der Waals surface area contributed by atoms with Crippen molar-refractivity contribution >= 4 is 43.1 Å². The standard InChI is InChI=1S/C17H17NOS/c1-17(2,3)16(19)18-11-8-9-15-13(10-11)12-6-4-5-7-14(12)20-15/h4-10H,1-3H3,(H,18,19). The first-order valence-corrected chi connectivity index (χ1v) is 7.49. The van der Waals surface area contributed by atoms with Gasteiger partial charge in [0.15, 0.2) is 0 Å². The van der Waals surface area contributed by atoms with Gasteiger partial charge in [0.1, 0.15) is 0 Å². The quantitative estimate of drug-likeness (QED) is 0.666. The molecule has 0 radical (unpaired) electrons. The van der Waals surface area contributed by atoms with Crippen LogP contribution in [0.5, 0.6) is 0 Å². The van der Waals surface area contributed by atoms with E-state index in [2.05, 4.69) is 41.7 Å². The molecule has 1 N–H and O–H groups in total. The Kier molecular flexibility index (Phi) is 3.02. The van der Waals surface area contributed by atoms with E-state index in [0.717, 1.165) is 5.69 Å². The first-order chi connectivity index (χ1) is 9.45. The highest BCUT2D eigenvalue weighted by molar-refractivity contribution is 7.25. The van der Waals surface area contributed by atoms with Crippen molar-refractivity contribution in [3.8, 4) is 0 Å². The molecule has 0 saturated heterocycles. The fourth-order valence-electron chi connectivity index (χ4n) is 2.12. The number of rotatable bonds is 1. The van der Waals surface area contributed by atoms with E-state index in [1.54, 1.807) is 11.3 Å². The minimum atomic E-state index is -0.383. The summed E-state index contributed by atoms with van der Waals surface area (Å²) in [6.07, 6.45) is 0. The van der Waals surface area contributed by atoms with Crippen molar-refractivity contribution < 1.29 is 4.79 Å². The van der Waals surface area contributed by atoms with Crippen molar-refractivity contribution in [2.24, 2.45) is 5.41 Å². The Morgan fingerprint density at radius 3 is 2.45 bits per heavy atom. The fraction of sp³-hybridized carbons (Fsp3) is 0.235. The zero-order valence-electron chi connectivity index (χ0n) is 11.9. The maximum atomic E-state index is 12.1. The number of fused-ring (bicyclic) bond motifs is 3. The largest absolute Gasteiger partial charge is 0.326 e. The van der Waals surface area contributed by atoms with Gasteiger partial charge in [0.25, 0.3) is 0 Å². The van der Waals surface area contributed by atoms with Crippen LogP contribution in [0.3, 0.4) is 0 Å². The number of benzene rings is 2. The molecule has 0 saturated carbocycles. The molecule has 0 aliphatic carbocycles. The minimum Gasteiger partial charge on any atom is -0.326 e. The topological polar surface area (TPSA) is 29.1 Å². The van der Waals surface area contributed by atoms with Crippen LogP contribution in [0.2, 0.25) is 0 Å². The molecule has 3 rings (SSSR count). The minimum absolute atomic E-state index is 0.0383. The van der Waals surface area contributed by atoms with Crippen LogP contribution in [0.1, 0.15) is 20.8 Å². The third-order valence-electron chi connectivity index (χ3n) is 3.32. The van der Waals surface area contributed by atoms with Crippen molar-refractivity contribution in [2.45, 2.75) is 20.8 Å². The maximum Gasteiger partial charge on any atom is 0.229 e. The van der Waals surface area contributed by atoms with Crippen LogP contribution in [0.4, 0.5) is 5.69 Å². The molecule has 20 heavy (non-hydrogen) atoms. The van der Waals surface area contributed by atoms with Gasteiger partial charge in [-0.2, -0.15) is 0 Å². The maximum absolute atomic E-state index is 12.1. The first-order valence-electron chi connectivity index (χ1n) is 6.68. The summed E-state index contributed by atoms with van der Waals surface area (Å²) in [6.45, 7) is 5.75. The predicted molar refractivity (Wildman–Crippen MR) is 87.4 cm³/mol. The lowest BCUT2D eigenvalue weighted by molar-refractivity contribution is -0.123. The third-order valence-corrected chi connectivity index (χ3v) is 4.47. The number of hydrogen-bond acceptors (Lipinski definition) is 2. The Bertz CT molecular complexity index is 795. The van der Waals surface area contributed by atoms with E-state index in [0.29, 0.717) is 0 Å². The molecule has 1 heterocycles. The lowest BCUT2D eigenvalue weighted by atomic mass is 9.95. The molecule has 0 aliphatic rings. The van der Waals surface area contributed by atoms with Gasteiger partial charge < -0.3 is 5.32 Å². The van der Waals surface area contributed by atoms with E-state index in [-0.39, 0.29) is 11.3 Å². The molecule has 102 valence electrons. The number of nitrogens with one attached hydrogen (secondary N) is 1. The number of amides is 1. The van der Waals surface area contributed by atoms with Crippen molar-refractivity contribution in [2.75, 3.05) is 5.32 Å². The molecule has 3 heteroatoms. The predicted octanol–water partition coefficient (Wildman–Crippen LogP) is 5.04. The molecule has 0 atom stereocenters. The lowest BCUT2D eigenvalue weighted by Crippen LogP contribution is -2.27. The molecule has 1 amide bonds. The monoisotopic (exact) mass is 283 g/mol. The summed E-state index contributed by atoms with van der Waals surface area (Å²) in [5.74, 6) is 0.0383. The lowest BCUT2D eigenvalue weighted by Gasteiger charge is -2.17. The fourth-order valence-corrected chi connectivity index (χ4v) is 3.21. The van der Waals surface area contributed by atoms with Crippen LogP contribution in [0, 0.1) is 5.41 Å². The summed E-state index contributed by atoms with van der Waals surface area (Å²) < 4.78 is 2.53. The Labute approximate surface area is 122 Å². The highest BCUT2D eigenvalue weighted by atomic mass is 32.1. The summed E-state index contributed by atoms with van der Waals surface area (Å²) in [5, 5.41) is 5.45. The molecule has 0 unspecified atom stereocenters. The first kappa shape index (κ1) is 13.1. The number of carbonyl (C=O) groups excluding carboxylic acids is 1. The summed E-state index contributed by atoms with van der Waals surface area (Å²) in [7, 11) is 0. The summed E-state index contributed by atoms with van der Waals surface area (Å²) >= 11 is 1.78. The van der Waals surface area contributed by atoms with Crippen LogP contribution >= 0.6 is 11.3 Å². The second-order valence-electron chi connectivity index (χ2n) is 6.01.